The van der Waals surface area contributed by atoms with Crippen LogP contribution in [0.15, 0.2) is 81.2 Å². The molecule has 4 aliphatic rings. The van der Waals surface area contributed by atoms with Gasteiger partial charge in [0.2, 0.25) is 0 Å². The number of amides is 1. The number of carbonyl (C=O) groups excluding carboxylic acids is 1. The number of hydrogen-bond donors (Lipinski definition) is 1. The van der Waals surface area contributed by atoms with Crippen molar-refractivity contribution in [1.82, 2.24) is 48.3 Å². The third-order valence-corrected chi connectivity index (χ3v) is 15.3. The van der Waals surface area contributed by atoms with Gasteiger partial charge in [0, 0.05) is 55.0 Å². The molecule has 1 aliphatic carbocycles. The Kier molecular flexibility index (Phi) is 9.77. The van der Waals surface area contributed by atoms with E-state index in [1.165, 1.54) is 21.5 Å². The van der Waals surface area contributed by atoms with Crippen molar-refractivity contribution in [2.24, 2.45) is 5.92 Å². The standard InChI is InChI=1S/C51H52F2N10O6/c1-27-19-35(20-28(2)43(27)52)63-45(60-16-15-59(49(60)66)40-10-9-39-36(44(40)53)25-54-62(39)34-13-17-67-26-34)42-30(4)58(14-11-37(42)56-63)46(64)41-22-33-21-31(32-12-18-68-50(5,6)24-32)7-8-38(33)61(41)51(23-29(51)3)47-55-48(65)69-57-47/h7-10,15-16,19-22,25,29-30,32,34H,11-14,17-18,23-24,26H2,1-6H3,(H,55,57,65)/t29-,30-,32?,34?,51-/m0/s1. The van der Waals surface area contributed by atoms with Crippen molar-refractivity contribution < 1.29 is 27.6 Å². The van der Waals surface area contributed by atoms with E-state index in [1.807, 2.05) is 17.6 Å². The van der Waals surface area contributed by atoms with Crippen LogP contribution in [0.1, 0.15) is 116 Å². The van der Waals surface area contributed by atoms with Crippen LogP contribution in [0.4, 0.5) is 8.78 Å². The molecule has 5 aromatic heterocycles. The number of rotatable bonds is 8. The van der Waals surface area contributed by atoms with Gasteiger partial charge in [-0.15, -0.1) is 0 Å². The molecule has 18 heteroatoms. The summed E-state index contributed by atoms with van der Waals surface area (Å²) in [5.74, 6) is -0.939. The highest BCUT2D eigenvalue weighted by molar-refractivity contribution is 6.00. The van der Waals surface area contributed by atoms with Crippen LogP contribution in [-0.2, 0) is 21.4 Å². The number of aromatic amines is 1. The summed E-state index contributed by atoms with van der Waals surface area (Å²) in [6.45, 7) is 13.6. The van der Waals surface area contributed by atoms with Crippen molar-refractivity contribution in [3.63, 3.8) is 0 Å². The quantitative estimate of drug-likeness (QED) is 0.160. The maximum Gasteiger partial charge on any atom is 0.438 e. The lowest BCUT2D eigenvalue weighted by Gasteiger charge is -2.35. The van der Waals surface area contributed by atoms with E-state index < -0.39 is 28.8 Å². The molecule has 5 atom stereocenters. The van der Waals surface area contributed by atoms with Gasteiger partial charge in [-0.25, -0.2) is 23.1 Å². The molecule has 3 aromatic carbocycles. The Hall–Kier alpha value is -6.92. The first-order valence-electron chi connectivity index (χ1n) is 23.7. The van der Waals surface area contributed by atoms with Gasteiger partial charge in [0.1, 0.15) is 22.9 Å². The number of aryl methyl sites for hydroxylation is 2. The van der Waals surface area contributed by atoms with Crippen molar-refractivity contribution in [1.29, 1.82) is 0 Å². The zero-order valence-corrected chi connectivity index (χ0v) is 39.3. The number of aromatic nitrogens is 9. The SMILES string of the molecule is Cc1cc(-n2nc3c(c2-n2ccn(-c4ccc5c(cnn5C5CCOC5)c4F)c2=O)[C@H](C)N(C(=O)c2cc4cc(C5CCOC(C)(C)C5)ccc4n2[C@@]2(c4noc(=O)[nH]4)C[C@@H]2C)CC3)cc(C)c1F. The number of nitrogens with one attached hydrogen (secondary N) is 1. The Bertz CT molecular complexity index is 3500. The van der Waals surface area contributed by atoms with E-state index in [-0.39, 0.29) is 46.3 Å². The lowest BCUT2D eigenvalue weighted by Crippen LogP contribution is -2.41. The largest absolute Gasteiger partial charge is 0.438 e. The molecule has 0 radical (unpaired) electrons. The van der Waals surface area contributed by atoms with Gasteiger partial charge >= 0.3 is 11.4 Å². The van der Waals surface area contributed by atoms with Gasteiger partial charge in [0.05, 0.1) is 58.5 Å². The highest BCUT2D eigenvalue weighted by atomic mass is 19.1. The zero-order valence-electron chi connectivity index (χ0n) is 39.3. The highest BCUT2D eigenvalue weighted by Crippen LogP contribution is 2.56. The Balaban J connectivity index is 0.986. The van der Waals surface area contributed by atoms with Crippen molar-refractivity contribution >= 4 is 27.7 Å². The second kappa shape index (κ2) is 15.5. The molecule has 69 heavy (non-hydrogen) atoms. The van der Waals surface area contributed by atoms with E-state index in [0.29, 0.717) is 90.1 Å². The van der Waals surface area contributed by atoms with Crippen molar-refractivity contribution in [3.05, 3.63) is 139 Å². The summed E-state index contributed by atoms with van der Waals surface area (Å²) in [6, 6.07) is 14.3. The fraction of sp³-hybridized carbons (Fsp3) is 0.412. The van der Waals surface area contributed by atoms with Gasteiger partial charge < -0.3 is 18.9 Å². The number of halogens is 2. The summed E-state index contributed by atoms with van der Waals surface area (Å²) >= 11 is 0. The molecular formula is C51H52F2N10O6. The first-order valence-corrected chi connectivity index (χ1v) is 23.7. The molecule has 3 fully saturated rings. The fourth-order valence-corrected chi connectivity index (χ4v) is 11.7. The number of fused-ring (bicyclic) bond motifs is 3. The minimum atomic E-state index is -0.863. The average Bonchev–Trinajstić information content (AvgIpc) is 4.10. The smallest absolute Gasteiger partial charge is 0.379 e. The van der Waals surface area contributed by atoms with Crippen molar-refractivity contribution in [3.8, 4) is 17.2 Å². The van der Waals surface area contributed by atoms with E-state index in [1.54, 1.807) is 58.6 Å². The number of nitrogens with zero attached hydrogens (tertiary/aromatic N) is 9. The monoisotopic (exact) mass is 938 g/mol. The lowest BCUT2D eigenvalue weighted by molar-refractivity contribution is -0.0592. The number of ether oxygens (including phenoxy) is 2. The highest BCUT2D eigenvalue weighted by Gasteiger charge is 2.59. The minimum absolute atomic E-state index is 0.00579. The predicted molar refractivity (Wildman–Crippen MR) is 251 cm³/mol. The van der Waals surface area contributed by atoms with Crippen LogP contribution < -0.4 is 11.4 Å². The molecule has 0 bridgehead atoms. The molecule has 12 rings (SSSR count). The predicted octanol–water partition coefficient (Wildman–Crippen LogP) is 7.87. The zero-order chi connectivity index (χ0) is 47.8. The average molecular weight is 939 g/mol. The van der Waals surface area contributed by atoms with Crippen LogP contribution >= 0.6 is 0 Å². The molecule has 16 nitrogen and oxygen atoms in total. The number of carbonyl (C=O) groups is 1. The molecule has 8 heterocycles. The van der Waals surface area contributed by atoms with Crippen LogP contribution in [-0.4, -0.2) is 86.2 Å². The van der Waals surface area contributed by atoms with Gasteiger partial charge in [-0.05, 0) is 131 Å². The fourth-order valence-electron chi connectivity index (χ4n) is 11.7. The lowest BCUT2D eigenvalue weighted by atomic mass is 9.83. The van der Waals surface area contributed by atoms with Crippen molar-refractivity contribution in [2.75, 3.05) is 26.4 Å². The van der Waals surface area contributed by atoms with Crippen LogP contribution in [0, 0.1) is 31.4 Å². The number of benzene rings is 3. The van der Waals surface area contributed by atoms with Gasteiger partial charge in [-0.2, -0.15) is 10.2 Å². The van der Waals surface area contributed by atoms with E-state index in [4.69, 9.17) is 19.1 Å². The molecule has 2 unspecified atom stereocenters. The maximum atomic E-state index is 16.6. The maximum absolute atomic E-state index is 16.6. The van der Waals surface area contributed by atoms with Gasteiger partial charge in [-0.3, -0.25) is 28.1 Å². The van der Waals surface area contributed by atoms with E-state index in [9.17, 15) is 9.59 Å². The molecule has 3 aliphatic heterocycles. The Morgan fingerprint density at radius 1 is 0.913 bits per heavy atom. The second-order valence-corrected chi connectivity index (χ2v) is 20.1. The van der Waals surface area contributed by atoms with Crippen LogP contribution in [0.3, 0.4) is 0 Å². The molecule has 8 aromatic rings. The van der Waals surface area contributed by atoms with Crippen LogP contribution in [0.5, 0.6) is 0 Å². The number of hydrogen-bond acceptors (Lipinski definition) is 9. The first-order chi connectivity index (χ1) is 33.1. The molecular weight excluding hydrogens is 887 g/mol. The summed E-state index contributed by atoms with van der Waals surface area (Å²) in [5, 5.41) is 14.9. The van der Waals surface area contributed by atoms with Gasteiger partial charge in [0.15, 0.2) is 11.6 Å². The Labute approximate surface area is 394 Å². The normalized spacial score (nSPS) is 23.3. The van der Waals surface area contributed by atoms with E-state index >= 15 is 13.6 Å². The Morgan fingerprint density at radius 2 is 1.68 bits per heavy atom. The molecule has 1 N–H and O–H groups in total. The number of imidazole rings is 1. The Morgan fingerprint density at radius 3 is 2.39 bits per heavy atom. The third-order valence-electron chi connectivity index (χ3n) is 15.3. The summed E-state index contributed by atoms with van der Waals surface area (Å²) in [5.41, 5.74) is 3.92. The topological polar surface area (TPSA) is 165 Å². The second-order valence-electron chi connectivity index (χ2n) is 20.1. The molecule has 356 valence electrons. The third kappa shape index (κ3) is 6.65. The van der Waals surface area contributed by atoms with Gasteiger partial charge in [0.25, 0.3) is 5.91 Å². The number of H-pyrrole nitrogens is 1. The van der Waals surface area contributed by atoms with E-state index in [0.717, 1.165) is 35.7 Å². The molecule has 0 spiro atoms. The molecule has 1 amide bonds. The first kappa shape index (κ1) is 43.4. The molecule has 1 saturated carbocycles. The van der Waals surface area contributed by atoms with Crippen LogP contribution in [0.25, 0.3) is 39.0 Å². The van der Waals surface area contributed by atoms with E-state index in [2.05, 4.69) is 54.2 Å². The molecule has 2 saturated heterocycles. The summed E-state index contributed by atoms with van der Waals surface area (Å²) in [7, 11) is 0. The summed E-state index contributed by atoms with van der Waals surface area (Å²) < 4.78 is 56.6. The summed E-state index contributed by atoms with van der Waals surface area (Å²) in [4.78, 5) is 47.6. The minimum Gasteiger partial charge on any atom is -0.379 e. The van der Waals surface area contributed by atoms with Gasteiger partial charge in [-0.1, -0.05) is 18.1 Å². The van der Waals surface area contributed by atoms with Crippen LogP contribution in [0.2, 0.25) is 0 Å². The van der Waals surface area contributed by atoms with Crippen molar-refractivity contribution in [2.45, 2.75) is 103 Å². The summed E-state index contributed by atoms with van der Waals surface area (Å²) in [6.07, 6.45) is 8.00.